The molecule has 0 saturated carbocycles. The number of ketones is 2. The highest BCUT2D eigenvalue weighted by Crippen LogP contribution is 2.38. The fourth-order valence-electron chi connectivity index (χ4n) is 2.78. The van der Waals surface area contributed by atoms with E-state index >= 15 is 0 Å². The van der Waals surface area contributed by atoms with E-state index in [1.54, 1.807) is 0 Å². The Morgan fingerprint density at radius 1 is 1.33 bits per heavy atom. The monoisotopic (exact) mass is 244 g/mol. The highest BCUT2D eigenvalue weighted by Gasteiger charge is 2.39. The Balaban J connectivity index is 2.22. The van der Waals surface area contributed by atoms with E-state index in [4.69, 9.17) is 0 Å². The summed E-state index contributed by atoms with van der Waals surface area (Å²) < 4.78 is 0. The fourth-order valence-corrected chi connectivity index (χ4v) is 2.78. The number of hydrogen-bond donors (Lipinski definition) is 0. The predicted octanol–water partition coefficient (Wildman–Crippen LogP) is 3.58. The summed E-state index contributed by atoms with van der Waals surface area (Å²) in [5.41, 5.74) is 1.46. The maximum atomic E-state index is 12.5. The summed E-state index contributed by atoms with van der Waals surface area (Å²) in [6.07, 6.45) is 3.54. The zero-order valence-electron chi connectivity index (χ0n) is 11.2. The molecule has 0 spiro atoms. The van der Waals surface area contributed by atoms with Crippen LogP contribution in [-0.2, 0) is 11.2 Å². The fraction of sp³-hybridized carbons (Fsp3) is 0.500. The molecule has 96 valence electrons. The van der Waals surface area contributed by atoms with E-state index in [0.29, 0.717) is 12.8 Å². The van der Waals surface area contributed by atoms with Gasteiger partial charge in [-0.15, -0.1) is 0 Å². The highest BCUT2D eigenvalue weighted by molar-refractivity contribution is 6.04. The van der Waals surface area contributed by atoms with Crippen molar-refractivity contribution in [3.8, 4) is 0 Å². The van der Waals surface area contributed by atoms with Gasteiger partial charge in [-0.2, -0.15) is 0 Å². The molecule has 0 bridgehead atoms. The first-order valence-electron chi connectivity index (χ1n) is 6.71. The van der Waals surface area contributed by atoms with Gasteiger partial charge in [0.15, 0.2) is 5.78 Å². The summed E-state index contributed by atoms with van der Waals surface area (Å²) in [6, 6.07) is 7.77. The molecule has 0 amide bonds. The molecule has 0 radical (unpaired) electrons. The number of fused-ring (bicyclic) bond motifs is 1. The first kappa shape index (κ1) is 13.0. The maximum absolute atomic E-state index is 12.5. The molecule has 1 aromatic rings. The minimum absolute atomic E-state index is 0.147. The third-order valence-corrected chi connectivity index (χ3v) is 3.87. The van der Waals surface area contributed by atoms with E-state index < -0.39 is 5.41 Å². The van der Waals surface area contributed by atoms with Crippen LogP contribution in [0.4, 0.5) is 0 Å². The number of aryl methyl sites for hydroxylation is 1. The lowest BCUT2D eigenvalue weighted by Crippen LogP contribution is -2.35. The van der Waals surface area contributed by atoms with Crippen LogP contribution in [0.25, 0.3) is 0 Å². The summed E-state index contributed by atoms with van der Waals surface area (Å²) >= 11 is 0. The normalized spacial score (nSPS) is 22.7. The number of Topliss-reactive ketones (excluding diaryl/α,β-unsaturated/α-hetero) is 2. The van der Waals surface area contributed by atoms with Crippen LogP contribution in [0.3, 0.4) is 0 Å². The minimum Gasteiger partial charge on any atom is -0.300 e. The number of benzene rings is 1. The van der Waals surface area contributed by atoms with Crippen molar-refractivity contribution in [2.24, 2.45) is 5.41 Å². The molecule has 1 unspecified atom stereocenters. The number of carbonyl (C=O) groups is 2. The Labute approximate surface area is 108 Å². The average molecular weight is 244 g/mol. The van der Waals surface area contributed by atoms with Gasteiger partial charge in [0.1, 0.15) is 5.78 Å². The number of hydrogen-bond acceptors (Lipinski definition) is 2. The van der Waals surface area contributed by atoms with Crippen molar-refractivity contribution in [1.82, 2.24) is 0 Å². The molecule has 2 heteroatoms. The number of rotatable bonds is 4. The molecular formula is C16H20O2. The van der Waals surface area contributed by atoms with Crippen molar-refractivity contribution in [2.75, 3.05) is 0 Å². The maximum Gasteiger partial charge on any atom is 0.169 e. The van der Waals surface area contributed by atoms with E-state index in [1.165, 1.54) is 0 Å². The third kappa shape index (κ3) is 2.38. The summed E-state index contributed by atoms with van der Waals surface area (Å²) in [5.74, 6) is 0.363. The molecule has 18 heavy (non-hydrogen) atoms. The molecule has 0 N–H and O–H groups in total. The zero-order chi connectivity index (χ0) is 13.2. The summed E-state index contributed by atoms with van der Waals surface area (Å²) in [6.45, 7) is 3.94. The molecular weight excluding hydrogens is 224 g/mol. The van der Waals surface area contributed by atoms with Crippen molar-refractivity contribution in [2.45, 2.75) is 46.0 Å². The SMILES string of the molecule is CCCC(=O)CC1(C)CCc2ccccc2C1=O. The Kier molecular flexibility index (Phi) is 3.65. The van der Waals surface area contributed by atoms with E-state index in [1.807, 2.05) is 38.1 Å². The topological polar surface area (TPSA) is 34.1 Å². The Morgan fingerprint density at radius 3 is 2.78 bits per heavy atom. The molecule has 1 atom stereocenters. The Morgan fingerprint density at radius 2 is 2.06 bits per heavy atom. The van der Waals surface area contributed by atoms with Crippen LogP contribution in [0.2, 0.25) is 0 Å². The predicted molar refractivity (Wildman–Crippen MR) is 71.7 cm³/mol. The Hall–Kier alpha value is -1.44. The summed E-state index contributed by atoms with van der Waals surface area (Å²) in [5, 5.41) is 0. The second-order valence-electron chi connectivity index (χ2n) is 5.51. The van der Waals surface area contributed by atoms with Gasteiger partial charge in [-0.1, -0.05) is 38.1 Å². The van der Waals surface area contributed by atoms with Gasteiger partial charge in [-0.05, 0) is 24.8 Å². The Bertz CT molecular complexity index is 476. The molecule has 0 heterocycles. The third-order valence-electron chi connectivity index (χ3n) is 3.87. The summed E-state index contributed by atoms with van der Waals surface area (Å²) in [4.78, 5) is 24.3. The molecule has 2 nitrogen and oxygen atoms in total. The molecule has 0 aromatic heterocycles. The lowest BCUT2D eigenvalue weighted by atomic mass is 9.69. The van der Waals surface area contributed by atoms with Crippen LogP contribution in [0.5, 0.6) is 0 Å². The molecule has 0 fully saturated rings. The van der Waals surface area contributed by atoms with Crippen molar-refractivity contribution in [3.05, 3.63) is 35.4 Å². The van der Waals surface area contributed by atoms with Gasteiger partial charge in [0.2, 0.25) is 0 Å². The molecule has 2 rings (SSSR count). The lowest BCUT2D eigenvalue weighted by molar-refractivity contribution is -0.120. The van der Waals surface area contributed by atoms with Crippen LogP contribution in [0.1, 0.15) is 55.5 Å². The van der Waals surface area contributed by atoms with E-state index in [-0.39, 0.29) is 11.6 Å². The molecule has 0 aliphatic heterocycles. The van der Waals surface area contributed by atoms with Crippen LogP contribution in [0, 0.1) is 5.41 Å². The highest BCUT2D eigenvalue weighted by atomic mass is 16.1. The first-order valence-corrected chi connectivity index (χ1v) is 6.71. The van der Waals surface area contributed by atoms with E-state index in [2.05, 4.69) is 0 Å². The van der Waals surface area contributed by atoms with Crippen molar-refractivity contribution >= 4 is 11.6 Å². The van der Waals surface area contributed by atoms with Crippen LogP contribution < -0.4 is 0 Å². The van der Waals surface area contributed by atoms with Crippen molar-refractivity contribution in [1.29, 1.82) is 0 Å². The zero-order valence-corrected chi connectivity index (χ0v) is 11.2. The second kappa shape index (κ2) is 5.05. The lowest BCUT2D eigenvalue weighted by Gasteiger charge is -2.32. The van der Waals surface area contributed by atoms with Gasteiger partial charge in [0.05, 0.1) is 0 Å². The summed E-state index contributed by atoms with van der Waals surface area (Å²) in [7, 11) is 0. The molecule has 0 saturated heterocycles. The van der Waals surface area contributed by atoms with Gasteiger partial charge in [0.25, 0.3) is 0 Å². The largest absolute Gasteiger partial charge is 0.300 e. The van der Waals surface area contributed by atoms with Gasteiger partial charge < -0.3 is 0 Å². The first-order chi connectivity index (χ1) is 8.57. The second-order valence-corrected chi connectivity index (χ2v) is 5.51. The van der Waals surface area contributed by atoms with Gasteiger partial charge in [-0.3, -0.25) is 9.59 Å². The smallest absolute Gasteiger partial charge is 0.169 e. The van der Waals surface area contributed by atoms with Crippen molar-refractivity contribution in [3.63, 3.8) is 0 Å². The molecule has 1 aliphatic rings. The van der Waals surface area contributed by atoms with Gasteiger partial charge >= 0.3 is 0 Å². The quantitative estimate of drug-likeness (QED) is 0.811. The van der Waals surface area contributed by atoms with Crippen molar-refractivity contribution < 1.29 is 9.59 Å². The van der Waals surface area contributed by atoms with E-state index in [0.717, 1.165) is 30.4 Å². The molecule has 1 aliphatic carbocycles. The minimum atomic E-state index is -0.486. The van der Waals surface area contributed by atoms with Gasteiger partial charge in [-0.25, -0.2) is 0 Å². The standard InChI is InChI=1S/C16H20O2/c1-3-6-13(17)11-16(2)10-9-12-7-4-5-8-14(12)15(16)18/h4-5,7-8H,3,6,9-11H2,1-2H3. The van der Waals surface area contributed by atoms with Crippen LogP contribution >= 0.6 is 0 Å². The molecule has 1 aromatic carbocycles. The van der Waals surface area contributed by atoms with E-state index in [9.17, 15) is 9.59 Å². The average Bonchev–Trinajstić information content (AvgIpc) is 2.35. The van der Waals surface area contributed by atoms with Gasteiger partial charge in [0, 0.05) is 23.8 Å². The number of carbonyl (C=O) groups excluding carboxylic acids is 2. The van der Waals surface area contributed by atoms with Crippen LogP contribution in [-0.4, -0.2) is 11.6 Å². The van der Waals surface area contributed by atoms with Crippen LogP contribution in [0.15, 0.2) is 24.3 Å².